The molecule has 0 saturated carbocycles. The predicted octanol–water partition coefficient (Wildman–Crippen LogP) is 1.90. The van der Waals surface area contributed by atoms with Crippen molar-refractivity contribution >= 4 is 16.7 Å². The van der Waals surface area contributed by atoms with E-state index in [1.165, 1.54) is 0 Å². The molecule has 0 radical (unpaired) electrons. The number of H-pyrrole nitrogens is 1. The summed E-state index contributed by atoms with van der Waals surface area (Å²) >= 11 is 0. The molecule has 1 aliphatic rings. The first-order valence-electron chi connectivity index (χ1n) is 7.06. The van der Waals surface area contributed by atoms with E-state index in [2.05, 4.69) is 15.5 Å². The summed E-state index contributed by atoms with van der Waals surface area (Å²) in [5.74, 6) is 0.117. The molecule has 0 aliphatic carbocycles. The van der Waals surface area contributed by atoms with Gasteiger partial charge in [-0.2, -0.15) is 5.10 Å². The van der Waals surface area contributed by atoms with Gasteiger partial charge >= 0.3 is 0 Å². The van der Waals surface area contributed by atoms with E-state index in [0.717, 1.165) is 30.3 Å². The molecule has 0 amide bonds. The molecular weight excluding hydrogens is 254 g/mol. The van der Waals surface area contributed by atoms with Crippen molar-refractivity contribution in [1.82, 2.24) is 15.5 Å². The highest BCUT2D eigenvalue weighted by Gasteiger charge is 2.41. The lowest BCUT2D eigenvalue weighted by atomic mass is 9.88. The van der Waals surface area contributed by atoms with Crippen LogP contribution in [0.5, 0.6) is 0 Å². The molecule has 2 N–H and O–H groups in total. The van der Waals surface area contributed by atoms with E-state index in [1.807, 2.05) is 25.1 Å². The Morgan fingerprint density at radius 2 is 2.40 bits per heavy atom. The summed E-state index contributed by atoms with van der Waals surface area (Å²) in [6.07, 6.45) is 3.57. The highest BCUT2D eigenvalue weighted by atomic mass is 16.5. The molecule has 1 aliphatic heterocycles. The first-order chi connectivity index (χ1) is 9.75. The van der Waals surface area contributed by atoms with Crippen molar-refractivity contribution in [3.05, 3.63) is 30.0 Å². The van der Waals surface area contributed by atoms with E-state index >= 15 is 0 Å². The predicted molar refractivity (Wildman–Crippen MR) is 76.9 cm³/mol. The van der Waals surface area contributed by atoms with Crippen molar-refractivity contribution < 1.29 is 9.53 Å². The van der Waals surface area contributed by atoms with E-state index in [9.17, 15) is 4.79 Å². The number of ether oxygens (including phenoxy) is 1. The Morgan fingerprint density at radius 1 is 1.50 bits per heavy atom. The van der Waals surface area contributed by atoms with Crippen LogP contribution in [0, 0.1) is 0 Å². The number of Topliss-reactive ketones (excluding diaryl/α,β-unsaturated/α-hetero) is 1. The van der Waals surface area contributed by atoms with Gasteiger partial charge < -0.3 is 10.1 Å². The third-order valence-corrected chi connectivity index (χ3v) is 3.93. The second-order valence-corrected chi connectivity index (χ2v) is 5.25. The van der Waals surface area contributed by atoms with Gasteiger partial charge in [0.25, 0.3) is 0 Å². The van der Waals surface area contributed by atoms with Crippen LogP contribution in [0.15, 0.2) is 24.4 Å². The average Bonchev–Trinajstić information content (AvgIpc) is 3.13. The third-order valence-electron chi connectivity index (χ3n) is 3.93. The van der Waals surface area contributed by atoms with Crippen molar-refractivity contribution in [3.8, 4) is 0 Å². The van der Waals surface area contributed by atoms with Crippen LogP contribution < -0.4 is 5.32 Å². The van der Waals surface area contributed by atoms with Gasteiger partial charge in [-0.25, -0.2) is 0 Å². The van der Waals surface area contributed by atoms with Gasteiger partial charge in [0.15, 0.2) is 5.78 Å². The zero-order valence-corrected chi connectivity index (χ0v) is 11.6. The molecule has 1 atom stereocenters. The zero-order chi connectivity index (χ0) is 14.0. The minimum absolute atomic E-state index is 0.117. The summed E-state index contributed by atoms with van der Waals surface area (Å²) in [4.78, 5) is 12.9. The Labute approximate surface area is 117 Å². The number of aromatic amines is 1. The third kappa shape index (κ3) is 2.23. The van der Waals surface area contributed by atoms with Crippen molar-refractivity contribution in [2.24, 2.45) is 0 Å². The average molecular weight is 273 g/mol. The first kappa shape index (κ1) is 13.3. The van der Waals surface area contributed by atoms with Crippen LogP contribution >= 0.6 is 0 Å². The highest BCUT2D eigenvalue weighted by Crippen LogP contribution is 2.26. The maximum atomic E-state index is 12.9. The molecule has 1 aromatic carbocycles. The van der Waals surface area contributed by atoms with Crippen LogP contribution in [-0.2, 0) is 4.74 Å². The lowest BCUT2D eigenvalue weighted by molar-refractivity contribution is 0.0603. The number of benzene rings is 1. The molecule has 106 valence electrons. The second kappa shape index (κ2) is 5.34. The van der Waals surface area contributed by atoms with Crippen molar-refractivity contribution in [3.63, 3.8) is 0 Å². The minimum atomic E-state index is -0.562. The Bertz CT molecular complexity index is 614. The van der Waals surface area contributed by atoms with Gasteiger partial charge in [0.2, 0.25) is 0 Å². The number of aromatic nitrogens is 2. The Morgan fingerprint density at radius 3 is 3.15 bits per heavy atom. The van der Waals surface area contributed by atoms with Gasteiger partial charge in [-0.3, -0.25) is 9.89 Å². The summed E-state index contributed by atoms with van der Waals surface area (Å²) in [7, 11) is 0. The van der Waals surface area contributed by atoms with Gasteiger partial charge in [-0.05, 0) is 44.5 Å². The maximum Gasteiger partial charge on any atom is 0.185 e. The van der Waals surface area contributed by atoms with Crippen molar-refractivity contribution in [2.75, 3.05) is 19.8 Å². The van der Waals surface area contributed by atoms with Gasteiger partial charge in [-0.15, -0.1) is 0 Å². The number of fused-ring (bicyclic) bond motifs is 1. The van der Waals surface area contributed by atoms with Crippen LogP contribution in [-0.4, -0.2) is 41.3 Å². The van der Waals surface area contributed by atoms with Gasteiger partial charge in [0.1, 0.15) is 5.54 Å². The Hall–Kier alpha value is -1.72. The Kier molecular flexibility index (Phi) is 3.54. The highest BCUT2D eigenvalue weighted by molar-refractivity contribution is 6.05. The molecule has 20 heavy (non-hydrogen) atoms. The molecule has 0 spiro atoms. The van der Waals surface area contributed by atoms with Crippen LogP contribution in [0.1, 0.15) is 30.1 Å². The van der Waals surface area contributed by atoms with E-state index in [-0.39, 0.29) is 5.78 Å². The fraction of sp³-hybridized carbons (Fsp3) is 0.467. The van der Waals surface area contributed by atoms with E-state index in [0.29, 0.717) is 18.8 Å². The van der Waals surface area contributed by atoms with E-state index < -0.39 is 5.54 Å². The normalized spacial score (nSPS) is 22.4. The van der Waals surface area contributed by atoms with Crippen molar-refractivity contribution in [1.29, 1.82) is 0 Å². The summed E-state index contributed by atoms with van der Waals surface area (Å²) in [6.45, 7) is 3.88. The summed E-state index contributed by atoms with van der Waals surface area (Å²) < 4.78 is 5.53. The SMILES string of the molecule is CCOCC1(C(=O)c2ccc3[nH]ncc3c2)CCCN1. The van der Waals surface area contributed by atoms with E-state index in [4.69, 9.17) is 4.74 Å². The van der Waals surface area contributed by atoms with Crippen LogP contribution in [0.25, 0.3) is 10.9 Å². The van der Waals surface area contributed by atoms with Gasteiger partial charge in [0, 0.05) is 17.6 Å². The number of ketones is 1. The molecular formula is C15H19N3O2. The second-order valence-electron chi connectivity index (χ2n) is 5.25. The number of carbonyl (C=O) groups excluding carboxylic acids is 1. The monoisotopic (exact) mass is 273 g/mol. The molecule has 5 nitrogen and oxygen atoms in total. The van der Waals surface area contributed by atoms with Gasteiger partial charge in [-0.1, -0.05) is 0 Å². The smallest absolute Gasteiger partial charge is 0.185 e. The van der Waals surface area contributed by atoms with Crippen LogP contribution in [0.4, 0.5) is 0 Å². The number of carbonyl (C=O) groups is 1. The molecule has 5 heteroatoms. The van der Waals surface area contributed by atoms with Crippen molar-refractivity contribution in [2.45, 2.75) is 25.3 Å². The molecule has 0 bridgehead atoms. The lowest BCUT2D eigenvalue weighted by Gasteiger charge is -2.27. The number of hydrogen-bond acceptors (Lipinski definition) is 4. The fourth-order valence-electron chi connectivity index (χ4n) is 2.83. The topological polar surface area (TPSA) is 67.0 Å². The zero-order valence-electron chi connectivity index (χ0n) is 11.6. The van der Waals surface area contributed by atoms with Crippen LogP contribution in [0.3, 0.4) is 0 Å². The Balaban J connectivity index is 1.92. The first-order valence-corrected chi connectivity index (χ1v) is 7.06. The summed E-state index contributed by atoms with van der Waals surface area (Å²) in [6, 6.07) is 5.66. The van der Waals surface area contributed by atoms with Gasteiger partial charge in [0.05, 0.1) is 18.3 Å². The molecule has 1 aromatic heterocycles. The molecule has 1 saturated heterocycles. The lowest BCUT2D eigenvalue weighted by Crippen LogP contribution is -2.51. The molecule has 2 heterocycles. The minimum Gasteiger partial charge on any atom is -0.379 e. The number of rotatable bonds is 5. The number of nitrogens with one attached hydrogen (secondary N) is 2. The van der Waals surface area contributed by atoms with E-state index in [1.54, 1.807) is 6.20 Å². The molecule has 1 unspecified atom stereocenters. The molecule has 3 rings (SSSR count). The molecule has 2 aromatic rings. The number of nitrogens with zero attached hydrogens (tertiary/aromatic N) is 1. The summed E-state index contributed by atoms with van der Waals surface area (Å²) in [5, 5.41) is 11.2. The maximum absolute atomic E-state index is 12.9. The van der Waals surface area contributed by atoms with Crippen LogP contribution in [0.2, 0.25) is 0 Å². The fourth-order valence-corrected chi connectivity index (χ4v) is 2.83. The quantitative estimate of drug-likeness (QED) is 0.817. The molecule has 1 fully saturated rings. The summed E-state index contributed by atoms with van der Waals surface area (Å²) in [5.41, 5.74) is 1.10. The number of hydrogen-bond donors (Lipinski definition) is 2. The largest absolute Gasteiger partial charge is 0.379 e. The standard InChI is InChI=1S/C15H19N3O2/c1-2-20-10-15(6-3-7-16-15)14(19)11-4-5-13-12(8-11)9-17-18-13/h4-5,8-9,16H,2-3,6-7,10H2,1H3,(H,17,18).